The van der Waals surface area contributed by atoms with E-state index in [-0.39, 0.29) is 17.7 Å². The van der Waals surface area contributed by atoms with Crippen molar-refractivity contribution in [2.45, 2.75) is 24.8 Å². The minimum absolute atomic E-state index is 0.0374. The normalized spacial score (nSPS) is 19.0. The molecule has 2 unspecified atom stereocenters. The first-order valence-corrected chi connectivity index (χ1v) is 9.39. The number of hydrogen-bond donors (Lipinski definition) is 2. The van der Waals surface area contributed by atoms with E-state index in [4.69, 9.17) is 0 Å². The van der Waals surface area contributed by atoms with Crippen molar-refractivity contribution in [3.63, 3.8) is 0 Å². The number of carbonyl (C=O) groups excluding carboxylic acids is 2. The summed E-state index contributed by atoms with van der Waals surface area (Å²) in [4.78, 5) is 27.7. The summed E-state index contributed by atoms with van der Waals surface area (Å²) < 4.78 is 0. The van der Waals surface area contributed by atoms with Crippen molar-refractivity contribution >= 4 is 11.7 Å². The van der Waals surface area contributed by atoms with Gasteiger partial charge in [-0.2, -0.15) is 0 Å². The van der Waals surface area contributed by atoms with Crippen LogP contribution in [0.1, 0.15) is 33.8 Å². The maximum absolute atomic E-state index is 13.2. The quantitative estimate of drug-likeness (QED) is 0.701. The number of aliphatic hydroxyl groups is 1. The minimum Gasteiger partial charge on any atom is -0.389 e. The zero-order valence-corrected chi connectivity index (χ0v) is 15.6. The monoisotopic (exact) mass is 366 g/mol. The molecular weight excluding hydrogens is 340 g/mol. The van der Waals surface area contributed by atoms with E-state index in [1.807, 2.05) is 60.5 Å². The fourth-order valence-electron chi connectivity index (χ4n) is 3.92. The average molecular weight is 366 g/mol. The molecule has 1 aliphatic rings. The van der Waals surface area contributed by atoms with Gasteiger partial charge in [0.25, 0.3) is 5.91 Å². The first-order valence-electron chi connectivity index (χ1n) is 9.39. The van der Waals surface area contributed by atoms with Gasteiger partial charge < -0.3 is 15.3 Å². The summed E-state index contributed by atoms with van der Waals surface area (Å²) in [5.74, 6) is -0.794. The van der Waals surface area contributed by atoms with E-state index in [0.29, 0.717) is 18.5 Å². The van der Waals surface area contributed by atoms with Gasteiger partial charge in [-0.3, -0.25) is 9.59 Å². The van der Waals surface area contributed by atoms with Crippen molar-refractivity contribution in [3.05, 3.63) is 71.3 Å². The largest absolute Gasteiger partial charge is 0.389 e. The summed E-state index contributed by atoms with van der Waals surface area (Å²) in [6.07, 6.45) is 1.38. The first kappa shape index (κ1) is 19.3. The number of rotatable bonds is 8. The Bertz CT molecular complexity index is 791. The summed E-state index contributed by atoms with van der Waals surface area (Å²) >= 11 is 0. The molecule has 1 amide bonds. The Morgan fingerprint density at radius 1 is 1.11 bits per heavy atom. The Hall–Kier alpha value is -2.50. The molecule has 5 heteroatoms. The highest BCUT2D eigenvalue weighted by Gasteiger charge is 2.42. The third-order valence-corrected chi connectivity index (χ3v) is 5.19. The highest BCUT2D eigenvalue weighted by Crippen LogP contribution is 2.36. The number of nitrogens with zero attached hydrogens (tertiary/aromatic N) is 1. The lowest BCUT2D eigenvalue weighted by molar-refractivity contribution is -0.124. The first-order chi connectivity index (χ1) is 13.2. The Morgan fingerprint density at radius 2 is 1.81 bits per heavy atom. The molecule has 1 heterocycles. The lowest BCUT2D eigenvalue weighted by Gasteiger charge is -2.41. The number of benzene rings is 2. The van der Waals surface area contributed by atoms with Crippen LogP contribution in [0.5, 0.6) is 0 Å². The molecule has 0 spiro atoms. The van der Waals surface area contributed by atoms with Crippen LogP contribution in [0, 0.1) is 0 Å². The summed E-state index contributed by atoms with van der Waals surface area (Å²) in [6, 6.07) is 16.9. The van der Waals surface area contributed by atoms with Crippen molar-refractivity contribution < 1.29 is 14.7 Å². The number of hydrogen-bond acceptors (Lipinski definition) is 4. The molecule has 0 aromatic heterocycles. The van der Waals surface area contributed by atoms with Crippen molar-refractivity contribution in [3.8, 4) is 0 Å². The van der Waals surface area contributed by atoms with Gasteiger partial charge in [0, 0.05) is 18.2 Å². The SMILES string of the molecule is CNCCCN1C(=O)c2ccccc2C(C(=O)CO)C1Cc1ccccc1. The van der Waals surface area contributed by atoms with E-state index in [1.165, 1.54) is 0 Å². The lowest BCUT2D eigenvalue weighted by atomic mass is 9.78. The molecule has 2 N–H and O–H groups in total. The third-order valence-electron chi connectivity index (χ3n) is 5.19. The van der Waals surface area contributed by atoms with Crippen molar-refractivity contribution in [1.82, 2.24) is 10.2 Å². The Kier molecular flexibility index (Phi) is 6.37. The predicted octanol–water partition coefficient (Wildman–Crippen LogP) is 2.01. The zero-order valence-electron chi connectivity index (χ0n) is 15.6. The molecule has 0 aliphatic carbocycles. The van der Waals surface area contributed by atoms with Crippen LogP contribution in [-0.2, 0) is 11.2 Å². The van der Waals surface area contributed by atoms with E-state index in [0.717, 1.165) is 24.1 Å². The van der Waals surface area contributed by atoms with Gasteiger partial charge in [0.1, 0.15) is 6.61 Å². The topological polar surface area (TPSA) is 69.6 Å². The lowest BCUT2D eigenvalue weighted by Crippen LogP contribution is -2.52. The predicted molar refractivity (Wildman–Crippen MR) is 105 cm³/mol. The van der Waals surface area contributed by atoms with Gasteiger partial charge in [0.15, 0.2) is 5.78 Å². The number of amides is 1. The number of Topliss-reactive ketones (excluding diaryl/α,β-unsaturated/α-hetero) is 1. The Labute approximate surface area is 160 Å². The molecule has 0 saturated heterocycles. The maximum atomic E-state index is 13.2. The second-order valence-corrected chi connectivity index (χ2v) is 6.90. The summed E-state index contributed by atoms with van der Waals surface area (Å²) in [6.45, 7) is 0.839. The molecule has 0 radical (unpaired) electrons. The molecule has 2 atom stereocenters. The second-order valence-electron chi connectivity index (χ2n) is 6.90. The van der Waals surface area contributed by atoms with Crippen LogP contribution in [0.25, 0.3) is 0 Å². The molecule has 1 aliphatic heterocycles. The van der Waals surface area contributed by atoms with Gasteiger partial charge in [-0.05, 0) is 43.6 Å². The number of nitrogens with one attached hydrogen (secondary N) is 1. The second kappa shape index (κ2) is 8.93. The highest BCUT2D eigenvalue weighted by molar-refractivity contribution is 6.01. The smallest absolute Gasteiger partial charge is 0.254 e. The van der Waals surface area contributed by atoms with Crippen LogP contribution in [0.15, 0.2) is 54.6 Å². The van der Waals surface area contributed by atoms with E-state index in [9.17, 15) is 14.7 Å². The fourth-order valence-corrected chi connectivity index (χ4v) is 3.92. The summed E-state index contributed by atoms with van der Waals surface area (Å²) in [7, 11) is 1.88. The summed E-state index contributed by atoms with van der Waals surface area (Å²) in [5.41, 5.74) is 2.37. The number of aliphatic hydroxyl groups excluding tert-OH is 1. The van der Waals surface area contributed by atoms with Gasteiger partial charge in [0.05, 0.1) is 5.92 Å². The van der Waals surface area contributed by atoms with E-state index in [2.05, 4.69) is 5.32 Å². The number of carbonyl (C=O) groups is 2. The Balaban J connectivity index is 2.03. The fraction of sp³-hybridized carbons (Fsp3) is 0.364. The van der Waals surface area contributed by atoms with Gasteiger partial charge in [-0.25, -0.2) is 0 Å². The molecule has 0 fully saturated rings. The molecule has 5 nitrogen and oxygen atoms in total. The van der Waals surface area contributed by atoms with Gasteiger partial charge in [-0.1, -0.05) is 48.5 Å². The van der Waals surface area contributed by atoms with Crippen molar-refractivity contribution in [1.29, 1.82) is 0 Å². The third kappa shape index (κ3) is 4.10. The van der Waals surface area contributed by atoms with Crippen LogP contribution >= 0.6 is 0 Å². The number of ketones is 1. The molecule has 0 saturated carbocycles. The maximum Gasteiger partial charge on any atom is 0.254 e. The van der Waals surface area contributed by atoms with Crippen LogP contribution in [0.2, 0.25) is 0 Å². The number of fused-ring (bicyclic) bond motifs is 1. The van der Waals surface area contributed by atoms with Crippen molar-refractivity contribution in [2.75, 3.05) is 26.7 Å². The van der Waals surface area contributed by atoms with Crippen LogP contribution in [0.4, 0.5) is 0 Å². The molecule has 3 rings (SSSR count). The Morgan fingerprint density at radius 3 is 2.52 bits per heavy atom. The van der Waals surface area contributed by atoms with E-state index in [1.54, 1.807) is 6.07 Å². The van der Waals surface area contributed by atoms with Crippen LogP contribution < -0.4 is 5.32 Å². The molecule has 2 aromatic rings. The van der Waals surface area contributed by atoms with Gasteiger partial charge >= 0.3 is 0 Å². The average Bonchev–Trinajstić information content (AvgIpc) is 2.71. The standard InChI is InChI=1S/C22H26N2O3/c1-23-12-7-13-24-19(14-16-8-3-2-4-9-16)21(20(26)15-25)17-10-5-6-11-18(17)22(24)27/h2-6,8-11,19,21,23,25H,7,12-15H2,1H3. The van der Waals surface area contributed by atoms with Crippen LogP contribution in [0.3, 0.4) is 0 Å². The van der Waals surface area contributed by atoms with E-state index < -0.39 is 12.5 Å². The minimum atomic E-state index is -0.525. The molecule has 27 heavy (non-hydrogen) atoms. The molecule has 0 bridgehead atoms. The summed E-state index contributed by atoms with van der Waals surface area (Å²) in [5, 5.41) is 12.7. The van der Waals surface area contributed by atoms with Gasteiger partial charge in [0.2, 0.25) is 0 Å². The molecule has 142 valence electrons. The van der Waals surface area contributed by atoms with Crippen LogP contribution in [-0.4, -0.2) is 54.5 Å². The van der Waals surface area contributed by atoms with Crippen molar-refractivity contribution in [2.24, 2.45) is 0 Å². The van der Waals surface area contributed by atoms with Gasteiger partial charge in [-0.15, -0.1) is 0 Å². The highest BCUT2D eigenvalue weighted by atomic mass is 16.3. The van der Waals surface area contributed by atoms with E-state index >= 15 is 0 Å². The zero-order chi connectivity index (χ0) is 19.2. The molecule has 2 aromatic carbocycles. The molecular formula is C22H26N2O3.